The number of ether oxygens (including phenoxy) is 5. The van der Waals surface area contributed by atoms with E-state index in [0.717, 1.165) is 135 Å². The van der Waals surface area contributed by atoms with Gasteiger partial charge in [0, 0.05) is 45.3 Å². The maximum atomic E-state index is 12.3. The minimum atomic E-state index is -0.495. The van der Waals surface area contributed by atoms with E-state index in [1.54, 1.807) is 27.7 Å². The molecule has 99 heavy (non-hydrogen) atoms. The number of hydrogen-bond donors (Lipinski definition) is 2. The number of aliphatic hydroxyl groups is 2. The van der Waals surface area contributed by atoms with Crippen LogP contribution in [0.2, 0.25) is 0 Å². The molecule has 0 aromatic rings. The van der Waals surface area contributed by atoms with Crippen LogP contribution < -0.4 is 0 Å². The molecule has 2 saturated heterocycles. The second-order valence-electron chi connectivity index (χ2n) is 28.5. The van der Waals surface area contributed by atoms with Crippen LogP contribution in [0, 0.1) is 53.3 Å². The van der Waals surface area contributed by atoms with Crippen LogP contribution in [0.4, 0.5) is 0 Å². The zero-order chi connectivity index (χ0) is 75.6. The van der Waals surface area contributed by atoms with Crippen molar-refractivity contribution in [3.05, 3.63) is 48.6 Å². The lowest BCUT2D eigenvalue weighted by molar-refractivity contribution is -0.156. The van der Waals surface area contributed by atoms with Gasteiger partial charge in [-0.3, -0.25) is 33.6 Å². The van der Waals surface area contributed by atoms with Crippen molar-refractivity contribution >= 4 is 64.9 Å². The molecule has 0 saturated carbocycles. The topological polar surface area (TPSA) is 274 Å². The first-order chi connectivity index (χ1) is 46.9. The van der Waals surface area contributed by atoms with Gasteiger partial charge in [-0.2, -0.15) is 0 Å². The fourth-order valence-electron chi connectivity index (χ4n) is 9.00. The van der Waals surface area contributed by atoms with E-state index in [0.29, 0.717) is 107 Å². The van der Waals surface area contributed by atoms with E-state index in [1.807, 2.05) is 87.5 Å². The number of Topliss-reactive ketones (excluding diaryl/α,β-unsaturated/α-hetero) is 4. The molecule has 18 heteroatoms. The van der Waals surface area contributed by atoms with E-state index in [-0.39, 0.29) is 90.1 Å². The summed E-state index contributed by atoms with van der Waals surface area (Å²) < 4.78 is 24.7. The molecule has 0 aromatic heterocycles. The summed E-state index contributed by atoms with van der Waals surface area (Å²) in [4.78, 5) is 123. The Morgan fingerprint density at radius 3 is 0.980 bits per heavy atom. The highest BCUT2D eigenvalue weighted by Crippen LogP contribution is 2.22. The van der Waals surface area contributed by atoms with E-state index < -0.39 is 17.9 Å². The van der Waals surface area contributed by atoms with Crippen molar-refractivity contribution in [2.24, 2.45) is 53.3 Å². The average molecular weight is 1400 g/mol. The first kappa shape index (κ1) is 99.6. The number of rotatable bonds is 50. The van der Waals surface area contributed by atoms with E-state index in [2.05, 4.69) is 46.8 Å². The van der Waals surface area contributed by atoms with Gasteiger partial charge in [-0.05, 0) is 166 Å². The van der Waals surface area contributed by atoms with Crippen LogP contribution in [-0.4, -0.2) is 108 Å². The Labute approximate surface area is 599 Å². The first-order valence-corrected chi connectivity index (χ1v) is 37.7. The molecule has 0 spiro atoms. The van der Waals surface area contributed by atoms with Gasteiger partial charge in [0.1, 0.15) is 23.1 Å². The zero-order valence-corrected chi connectivity index (χ0v) is 64.6. The standard InChI is InChI=1S/C23H40O5.C20H36O3.2C15H22O4.2C4H10O/c1-18(2)16-27-22(25)15-21(23(26)28-17-19(3)4)14-12-10-8-6-7-9-11-13-20(5)24;1-5-19(15-20(22)23-16-17(2)3)14-12-10-8-6-7-9-11-13-18(4)21;2*1-12(16)9-7-5-3-2-4-6-8-10-13-11-14(17)19-15(13)18;2*1-4(2)3-5/h10,12,18-19,21H,6-9,11,13-17H2,1-5H3;10,12,17,19H,5-9,11,13-16H2,1-4H3;2*6,8,13H,2-5,7,9-11H2,1H3;2*4-5H,3H2,1-2H3/b2*12-10+;2*8-6+;;. The summed E-state index contributed by atoms with van der Waals surface area (Å²) in [5, 5.41) is 16.3. The summed E-state index contributed by atoms with van der Waals surface area (Å²) in [6.45, 7) is 30.4. The quantitative estimate of drug-likeness (QED) is 0.0188. The van der Waals surface area contributed by atoms with Crippen LogP contribution in [-0.2, 0) is 76.4 Å². The molecule has 2 aliphatic rings. The Balaban J connectivity index is -0.000000584. The van der Waals surface area contributed by atoms with Crippen LogP contribution in [0.5, 0.6) is 0 Å². The number of aliphatic hydroxyl groups excluding tert-OH is 2. The predicted molar refractivity (Wildman–Crippen MR) is 395 cm³/mol. The lowest BCUT2D eigenvalue weighted by Crippen LogP contribution is -2.24. The van der Waals surface area contributed by atoms with Gasteiger partial charge < -0.3 is 53.1 Å². The highest BCUT2D eigenvalue weighted by Gasteiger charge is 2.33. The summed E-state index contributed by atoms with van der Waals surface area (Å²) >= 11 is 0. The lowest BCUT2D eigenvalue weighted by Gasteiger charge is -2.15. The lowest BCUT2D eigenvalue weighted by atomic mass is 9.98. The molecule has 18 nitrogen and oxygen atoms in total. The Morgan fingerprint density at radius 1 is 0.404 bits per heavy atom. The maximum Gasteiger partial charge on any atom is 0.317 e. The monoisotopic (exact) mass is 1400 g/mol. The van der Waals surface area contributed by atoms with E-state index in [1.165, 1.54) is 12.8 Å². The Kier molecular flexibility index (Phi) is 69.8. The molecular weight excluding hydrogens is 1260 g/mol. The molecular formula is C81H140O18. The number of allylic oxidation sites excluding steroid dienone is 8. The SMILES string of the molecule is CC(=O)CCCCCC/C=C/CC(CC(=O)OCC(C)C)C(=O)OCC(C)C.CC(=O)CCCCCC/C=C/CC1CC(=O)OC1=O.CC(=O)CCCCCC/C=C/CC1CC(=O)OC1=O.CC(C)CO.CC(C)CO.CCC(C/C=C/CCCCCCC(C)=O)CC(=O)OCC(C)C. The second kappa shape index (κ2) is 69.3. The molecule has 0 bridgehead atoms. The van der Waals surface area contributed by atoms with E-state index in [9.17, 15) is 52.7 Å². The van der Waals surface area contributed by atoms with Gasteiger partial charge in [0.25, 0.3) is 0 Å². The number of carbonyl (C=O) groups is 11. The molecule has 0 aromatic carbocycles. The average Bonchev–Trinajstić information content (AvgIpc) is 1.79. The highest BCUT2D eigenvalue weighted by atomic mass is 16.6. The number of hydrogen-bond acceptors (Lipinski definition) is 18. The molecule has 2 rings (SSSR count). The van der Waals surface area contributed by atoms with Crippen LogP contribution in [0.15, 0.2) is 48.6 Å². The summed E-state index contributed by atoms with van der Waals surface area (Å²) in [7, 11) is 0. The summed E-state index contributed by atoms with van der Waals surface area (Å²) in [6.07, 6.45) is 45.2. The van der Waals surface area contributed by atoms with Crippen molar-refractivity contribution in [3.63, 3.8) is 0 Å². The van der Waals surface area contributed by atoms with E-state index in [4.69, 9.17) is 24.4 Å². The third-order valence-corrected chi connectivity index (χ3v) is 15.1. The van der Waals surface area contributed by atoms with Crippen molar-refractivity contribution < 1.29 is 86.6 Å². The summed E-state index contributed by atoms with van der Waals surface area (Å²) in [6, 6.07) is 0. The molecule has 0 radical (unpaired) electrons. The van der Waals surface area contributed by atoms with Crippen molar-refractivity contribution in [3.8, 4) is 0 Å². The largest absolute Gasteiger partial charge is 0.465 e. The Morgan fingerprint density at radius 2 is 0.697 bits per heavy atom. The van der Waals surface area contributed by atoms with Gasteiger partial charge in [0.15, 0.2) is 0 Å². The molecule has 0 aliphatic carbocycles. The number of cyclic esters (lactones) is 4. The summed E-state index contributed by atoms with van der Waals surface area (Å²) in [5.74, 6) is -0.125. The molecule has 0 amide bonds. The highest BCUT2D eigenvalue weighted by molar-refractivity contribution is 5.95. The van der Waals surface area contributed by atoms with Gasteiger partial charge in [0.05, 0.1) is 56.8 Å². The molecule has 2 N–H and O–H groups in total. The van der Waals surface area contributed by atoms with Crippen LogP contribution in [0.25, 0.3) is 0 Å². The van der Waals surface area contributed by atoms with Gasteiger partial charge >= 0.3 is 41.8 Å². The molecule has 4 atom stereocenters. The number of carbonyl (C=O) groups excluding carboxylic acids is 11. The van der Waals surface area contributed by atoms with Gasteiger partial charge in [-0.1, -0.05) is 183 Å². The van der Waals surface area contributed by atoms with Gasteiger partial charge in [-0.25, -0.2) is 0 Å². The number of esters is 7. The van der Waals surface area contributed by atoms with Crippen LogP contribution >= 0.6 is 0 Å². The van der Waals surface area contributed by atoms with Gasteiger partial charge in [-0.15, -0.1) is 0 Å². The second-order valence-corrected chi connectivity index (χ2v) is 28.5. The molecule has 2 aliphatic heterocycles. The fourth-order valence-corrected chi connectivity index (χ4v) is 9.00. The number of ketones is 4. The van der Waals surface area contributed by atoms with E-state index >= 15 is 0 Å². The molecule has 2 fully saturated rings. The Hall–Kier alpha value is -5.75. The normalized spacial score (nSPS) is 14.8. The third-order valence-electron chi connectivity index (χ3n) is 15.1. The third kappa shape index (κ3) is 76.3. The zero-order valence-electron chi connectivity index (χ0n) is 64.6. The van der Waals surface area contributed by atoms with Crippen molar-refractivity contribution in [2.75, 3.05) is 33.0 Å². The maximum absolute atomic E-state index is 12.3. The van der Waals surface area contributed by atoms with Crippen LogP contribution in [0.3, 0.4) is 0 Å². The Bertz CT molecular complexity index is 2190. The molecule has 572 valence electrons. The first-order valence-electron chi connectivity index (χ1n) is 37.7. The minimum absolute atomic E-state index is 0.0546. The van der Waals surface area contributed by atoms with Crippen LogP contribution in [0.1, 0.15) is 316 Å². The predicted octanol–water partition coefficient (Wildman–Crippen LogP) is 17.9. The smallest absolute Gasteiger partial charge is 0.317 e. The molecule has 4 unspecified atom stereocenters. The fraction of sp³-hybridized carbons (Fsp3) is 0.765. The van der Waals surface area contributed by atoms with Crippen molar-refractivity contribution in [1.82, 2.24) is 0 Å². The minimum Gasteiger partial charge on any atom is -0.465 e. The van der Waals surface area contributed by atoms with Gasteiger partial charge in [0.2, 0.25) is 0 Å². The molecule has 2 heterocycles. The number of unbranched alkanes of at least 4 members (excludes halogenated alkanes) is 16. The van der Waals surface area contributed by atoms with Crippen molar-refractivity contribution in [1.29, 1.82) is 0 Å². The van der Waals surface area contributed by atoms with Crippen molar-refractivity contribution in [2.45, 2.75) is 316 Å². The summed E-state index contributed by atoms with van der Waals surface area (Å²) in [5.41, 5.74) is 0.